The largest absolute Gasteiger partial charge is 1.00 e. The standard InChI is InChI=1S/C19H36PSi.2ClH.Cr/c1-14-15(2)19(9,10)13-16(14)21(11,12)20(17(3,4)5)18(6,7)8;;;/h1-12H3;2*1H;/q;;;+2/p-2. The van der Waals surface area contributed by atoms with Crippen LogP contribution < -0.4 is 24.8 Å². The molecule has 0 N–H and O–H groups in total. The monoisotopic (exact) mass is 445 g/mol. The van der Waals surface area contributed by atoms with Crippen LogP contribution in [-0.2, 0) is 16.3 Å². The predicted molar refractivity (Wildman–Crippen MR) is 103 cm³/mol. The molecule has 1 aliphatic rings. The summed E-state index contributed by atoms with van der Waals surface area (Å²) in [4.78, 5) is 0. The molecular weight excluding hydrogens is 410 g/mol. The van der Waals surface area contributed by atoms with E-state index >= 15 is 0 Å². The molecule has 0 spiro atoms. The van der Waals surface area contributed by atoms with Gasteiger partial charge in [0.15, 0.2) is 0 Å². The molecule has 0 radical (unpaired) electrons. The Morgan fingerprint density at radius 1 is 0.875 bits per heavy atom. The van der Waals surface area contributed by atoms with E-state index in [0.29, 0.717) is 10.3 Å². The van der Waals surface area contributed by atoms with Gasteiger partial charge in [-0.15, -0.1) is 0 Å². The Morgan fingerprint density at radius 3 is 1.42 bits per heavy atom. The number of halogens is 2. The molecule has 0 bridgehead atoms. The van der Waals surface area contributed by atoms with Crippen molar-refractivity contribution in [3.8, 4) is 0 Å². The van der Waals surface area contributed by atoms with Crippen molar-refractivity contribution in [2.24, 2.45) is 5.41 Å². The minimum absolute atomic E-state index is 0. The first-order chi connectivity index (χ1) is 9.46. The predicted octanol–water partition coefficient (Wildman–Crippen LogP) is 0.995. The minimum atomic E-state index is -1.57. The van der Waals surface area contributed by atoms with Crippen molar-refractivity contribution in [3.05, 3.63) is 20.8 Å². The molecule has 5 heteroatoms. The quantitative estimate of drug-likeness (QED) is 0.439. The van der Waals surface area contributed by atoms with Gasteiger partial charge in [-0.05, 0) is 0 Å². The third-order valence-electron chi connectivity index (χ3n) is 5.18. The molecule has 0 heterocycles. The number of rotatable bonds is 2. The van der Waals surface area contributed by atoms with Crippen molar-refractivity contribution in [2.45, 2.75) is 92.6 Å². The molecule has 0 aromatic rings. The molecule has 0 amide bonds. The molecule has 0 unspecified atom stereocenters. The van der Waals surface area contributed by atoms with Crippen molar-refractivity contribution >= 4 is 15.2 Å². The molecule has 0 saturated carbocycles. The zero-order valence-corrected chi connectivity index (χ0v) is 22.3. The number of hydrogen-bond donors (Lipinski definition) is 0. The zero-order valence-electron chi connectivity index (χ0n) is 17.6. The van der Waals surface area contributed by atoms with Gasteiger partial charge in [-0.1, -0.05) is 0 Å². The molecule has 0 fully saturated rings. The van der Waals surface area contributed by atoms with Crippen molar-refractivity contribution in [2.75, 3.05) is 0 Å². The van der Waals surface area contributed by atoms with Crippen LogP contribution in [0.15, 0.2) is 20.8 Å². The molecule has 0 saturated heterocycles. The van der Waals surface area contributed by atoms with Crippen LogP contribution in [0.3, 0.4) is 0 Å². The van der Waals surface area contributed by atoms with E-state index in [9.17, 15) is 0 Å². The minimum Gasteiger partial charge on any atom is -1.00 e. The van der Waals surface area contributed by atoms with Gasteiger partial charge in [-0.3, -0.25) is 0 Å². The van der Waals surface area contributed by atoms with Gasteiger partial charge in [-0.2, -0.15) is 0 Å². The summed E-state index contributed by atoms with van der Waals surface area (Å²) in [5, 5.41) is 2.50. The van der Waals surface area contributed by atoms with Crippen molar-refractivity contribution in [1.82, 2.24) is 0 Å². The second kappa shape index (κ2) is 8.08. The second-order valence-corrected chi connectivity index (χ2v) is 22.1. The third kappa shape index (κ3) is 4.74. The van der Waals surface area contributed by atoms with Crippen LogP contribution in [0.1, 0.15) is 69.2 Å². The Kier molecular flexibility index (Phi) is 9.25. The average Bonchev–Trinajstić information content (AvgIpc) is 2.35. The van der Waals surface area contributed by atoms with Gasteiger partial charge >= 0.3 is 150 Å². The van der Waals surface area contributed by atoms with Gasteiger partial charge in [0.05, 0.1) is 0 Å². The molecule has 0 aromatic carbocycles. The fourth-order valence-corrected chi connectivity index (χ4v) is 26.0. The fraction of sp³-hybridized carbons (Fsp3) is 0.789. The third-order valence-corrected chi connectivity index (χ3v) is 20.3. The molecular formula is C19H36Cl2CrPSi. The molecule has 0 atom stereocenters. The zero-order chi connectivity index (χ0) is 17.9. The van der Waals surface area contributed by atoms with E-state index in [1.807, 2.05) is 0 Å². The second-order valence-electron chi connectivity index (χ2n) is 9.82. The van der Waals surface area contributed by atoms with Crippen LogP contribution in [-0.4, -0.2) is 18.1 Å². The average molecular weight is 446 g/mol. The van der Waals surface area contributed by atoms with Crippen molar-refractivity contribution in [3.63, 3.8) is 0 Å². The number of hydrogen-bond acceptors (Lipinski definition) is 0. The van der Waals surface area contributed by atoms with Crippen LogP contribution in [0.25, 0.3) is 0 Å². The Balaban J connectivity index is 0. The first-order valence-corrected chi connectivity index (χ1v) is 14.2. The van der Waals surface area contributed by atoms with E-state index in [0.717, 1.165) is 0 Å². The van der Waals surface area contributed by atoms with Gasteiger partial charge < -0.3 is 24.8 Å². The SMILES string of the molecule is CC1=C(C)C(C)(C)[C]([Cr+2])=C1[Si](C)(C)P(C(C)(C)C)C(C)(C)C.[Cl-].[Cl-]. The maximum absolute atomic E-state index is 3.49. The maximum atomic E-state index is 3.49. The van der Waals surface area contributed by atoms with Gasteiger partial charge in [0.25, 0.3) is 0 Å². The van der Waals surface area contributed by atoms with Crippen LogP contribution in [0.5, 0.6) is 0 Å². The first-order valence-electron chi connectivity index (χ1n) is 8.37. The molecule has 24 heavy (non-hydrogen) atoms. The Labute approximate surface area is 174 Å². The summed E-state index contributed by atoms with van der Waals surface area (Å²) in [6.07, 6.45) is 0. The van der Waals surface area contributed by atoms with Gasteiger partial charge in [-0.25, -0.2) is 0 Å². The molecule has 0 nitrogen and oxygen atoms in total. The van der Waals surface area contributed by atoms with E-state index in [1.165, 1.54) is 4.44 Å². The summed E-state index contributed by atoms with van der Waals surface area (Å²) >= 11 is 3.49. The molecule has 141 valence electrons. The summed E-state index contributed by atoms with van der Waals surface area (Å²) < 4.78 is 1.53. The Bertz CT molecular complexity index is 521. The summed E-state index contributed by atoms with van der Waals surface area (Å²) in [6.45, 7) is 29.5. The van der Waals surface area contributed by atoms with E-state index in [2.05, 4.69) is 98.6 Å². The smallest absolute Gasteiger partial charge is 1.00 e. The molecule has 0 aliphatic heterocycles. The topological polar surface area (TPSA) is 0 Å². The summed E-state index contributed by atoms with van der Waals surface area (Å²) in [7, 11) is -1.66. The van der Waals surface area contributed by atoms with Crippen LogP contribution >= 0.6 is 7.47 Å². The summed E-state index contributed by atoms with van der Waals surface area (Å²) in [5.74, 6) is 0. The van der Waals surface area contributed by atoms with Crippen molar-refractivity contribution in [1.29, 1.82) is 0 Å². The first kappa shape index (κ1) is 27.5. The normalized spacial score (nSPS) is 18.7. The summed E-state index contributed by atoms with van der Waals surface area (Å²) in [6, 6.07) is 0. The van der Waals surface area contributed by atoms with E-state index in [1.54, 1.807) is 16.3 Å². The molecule has 0 aromatic heterocycles. The van der Waals surface area contributed by atoms with Gasteiger partial charge in [0, 0.05) is 0 Å². The van der Waals surface area contributed by atoms with Crippen LogP contribution in [0.4, 0.5) is 0 Å². The molecule has 1 rings (SSSR count). The van der Waals surface area contributed by atoms with Crippen LogP contribution in [0, 0.1) is 5.41 Å². The van der Waals surface area contributed by atoms with Crippen molar-refractivity contribution < 1.29 is 41.1 Å². The van der Waals surface area contributed by atoms with E-state index < -0.39 is 7.74 Å². The summed E-state index contributed by atoms with van der Waals surface area (Å²) in [5.41, 5.74) is 3.34. The van der Waals surface area contributed by atoms with Gasteiger partial charge in [0.2, 0.25) is 0 Å². The van der Waals surface area contributed by atoms with Gasteiger partial charge in [0.1, 0.15) is 0 Å². The van der Waals surface area contributed by atoms with E-state index in [-0.39, 0.29) is 37.7 Å². The number of allylic oxidation sites excluding steroid dienone is 4. The maximum Gasteiger partial charge on any atom is -1.00 e. The molecule has 1 aliphatic carbocycles. The fourth-order valence-electron chi connectivity index (χ4n) is 4.84. The van der Waals surface area contributed by atoms with E-state index in [4.69, 9.17) is 0 Å². The van der Waals surface area contributed by atoms with Crippen LogP contribution in [0.2, 0.25) is 13.1 Å². The Morgan fingerprint density at radius 2 is 1.21 bits per heavy atom. The Hall–Kier alpha value is 1.24.